The van der Waals surface area contributed by atoms with Crippen LogP contribution in [0.15, 0.2) is 30.3 Å². The summed E-state index contributed by atoms with van der Waals surface area (Å²) >= 11 is 0. The summed E-state index contributed by atoms with van der Waals surface area (Å²) in [6, 6.07) is 10.1. The predicted molar refractivity (Wildman–Crippen MR) is 63.1 cm³/mol. The highest BCUT2D eigenvalue weighted by molar-refractivity contribution is 7.67. The molecular formula is C12H15O2P. The molecule has 1 N–H and O–H groups in total. The zero-order valence-electron chi connectivity index (χ0n) is 8.60. The number of hydrogen-bond donors (Lipinski definition) is 1. The van der Waals surface area contributed by atoms with Gasteiger partial charge in [0.05, 0.1) is 5.66 Å². The van der Waals surface area contributed by atoms with Crippen molar-refractivity contribution in [3.8, 4) is 0 Å². The Balaban J connectivity index is 2.22. The maximum absolute atomic E-state index is 11.2. The van der Waals surface area contributed by atoms with Gasteiger partial charge >= 0.3 is 5.97 Å². The van der Waals surface area contributed by atoms with Crippen LogP contribution in [0.4, 0.5) is 0 Å². The number of carboxylic acid groups (broad SMARTS) is 1. The van der Waals surface area contributed by atoms with Gasteiger partial charge < -0.3 is 5.11 Å². The van der Waals surface area contributed by atoms with Crippen molar-refractivity contribution in [3.63, 3.8) is 0 Å². The summed E-state index contributed by atoms with van der Waals surface area (Å²) in [7, 11) is -0.469. The normalized spacial score (nSPS) is 26.1. The van der Waals surface area contributed by atoms with Gasteiger partial charge in [-0.25, -0.2) is 0 Å². The predicted octanol–water partition coefficient (Wildman–Crippen LogP) is 2.43. The molecule has 80 valence electrons. The van der Waals surface area contributed by atoms with Crippen LogP contribution >= 0.6 is 7.92 Å². The van der Waals surface area contributed by atoms with Crippen LogP contribution in [0.5, 0.6) is 0 Å². The Morgan fingerprint density at radius 3 is 2.67 bits per heavy atom. The molecule has 0 aliphatic carbocycles. The monoisotopic (exact) mass is 222 g/mol. The van der Waals surface area contributed by atoms with Crippen LogP contribution < -0.4 is 5.30 Å². The topological polar surface area (TPSA) is 37.3 Å². The first-order chi connectivity index (χ1) is 7.29. The smallest absolute Gasteiger partial charge is 0.311 e. The molecule has 1 saturated heterocycles. The minimum absolute atomic E-state index is 0.115. The van der Waals surface area contributed by atoms with E-state index < -0.39 is 13.9 Å². The lowest BCUT2D eigenvalue weighted by molar-refractivity contribution is -0.136. The molecular weight excluding hydrogens is 207 g/mol. The van der Waals surface area contributed by atoms with Crippen LogP contribution in [0, 0.1) is 0 Å². The van der Waals surface area contributed by atoms with E-state index in [0.29, 0.717) is 0 Å². The Morgan fingerprint density at radius 2 is 2.00 bits per heavy atom. The number of rotatable bonds is 2. The summed E-state index contributed by atoms with van der Waals surface area (Å²) in [4.78, 5) is 11.2. The SMILES string of the molecule is O=C(O)[C@H]1CCCCP1c1ccccc1. The minimum atomic E-state index is -0.607. The highest BCUT2D eigenvalue weighted by Crippen LogP contribution is 2.46. The molecule has 1 unspecified atom stereocenters. The third kappa shape index (κ3) is 2.38. The van der Waals surface area contributed by atoms with Gasteiger partial charge in [0.25, 0.3) is 0 Å². The van der Waals surface area contributed by atoms with E-state index in [1.54, 1.807) is 0 Å². The number of aliphatic carboxylic acids is 1. The molecule has 2 atom stereocenters. The van der Waals surface area contributed by atoms with E-state index in [9.17, 15) is 9.90 Å². The van der Waals surface area contributed by atoms with Crippen molar-refractivity contribution < 1.29 is 9.90 Å². The molecule has 0 radical (unpaired) electrons. The van der Waals surface area contributed by atoms with Gasteiger partial charge in [-0.3, -0.25) is 4.79 Å². The zero-order valence-corrected chi connectivity index (χ0v) is 9.49. The molecule has 0 bridgehead atoms. The summed E-state index contributed by atoms with van der Waals surface area (Å²) in [5.74, 6) is -0.607. The standard InChI is InChI=1S/C12H15O2P/c13-12(14)11-8-4-5-9-15(11)10-6-2-1-3-7-10/h1-3,6-7,11H,4-5,8-9H2,(H,13,14)/t11-,15?/m1/s1. The maximum Gasteiger partial charge on any atom is 0.311 e. The van der Waals surface area contributed by atoms with Crippen molar-refractivity contribution >= 4 is 19.2 Å². The van der Waals surface area contributed by atoms with E-state index in [2.05, 4.69) is 12.1 Å². The number of carbonyl (C=O) groups is 1. The molecule has 0 amide bonds. The summed E-state index contributed by atoms with van der Waals surface area (Å²) in [6.07, 6.45) is 4.19. The molecule has 1 aromatic rings. The molecule has 0 saturated carbocycles. The van der Waals surface area contributed by atoms with Gasteiger partial charge in [-0.05, 0) is 24.3 Å². The van der Waals surface area contributed by atoms with Crippen LogP contribution in [-0.4, -0.2) is 22.9 Å². The van der Waals surface area contributed by atoms with Crippen molar-refractivity contribution in [1.82, 2.24) is 0 Å². The van der Waals surface area contributed by atoms with Gasteiger partial charge in [-0.1, -0.05) is 44.7 Å². The Morgan fingerprint density at radius 1 is 1.27 bits per heavy atom. The van der Waals surface area contributed by atoms with Crippen molar-refractivity contribution in [2.75, 3.05) is 6.16 Å². The fourth-order valence-electron chi connectivity index (χ4n) is 2.12. The van der Waals surface area contributed by atoms with Gasteiger partial charge in [-0.2, -0.15) is 0 Å². The highest BCUT2D eigenvalue weighted by atomic mass is 31.1. The fraction of sp³-hybridized carbons (Fsp3) is 0.417. The molecule has 1 aromatic carbocycles. The molecule has 1 aliphatic rings. The van der Waals surface area contributed by atoms with Crippen molar-refractivity contribution in [1.29, 1.82) is 0 Å². The van der Waals surface area contributed by atoms with Gasteiger partial charge in [0, 0.05) is 0 Å². The number of benzene rings is 1. The van der Waals surface area contributed by atoms with E-state index in [0.717, 1.165) is 19.0 Å². The van der Waals surface area contributed by atoms with E-state index in [1.807, 2.05) is 18.2 Å². The van der Waals surface area contributed by atoms with Gasteiger partial charge in [0.2, 0.25) is 0 Å². The molecule has 1 fully saturated rings. The second-order valence-corrected chi connectivity index (χ2v) is 6.41. The molecule has 15 heavy (non-hydrogen) atoms. The maximum atomic E-state index is 11.2. The Bertz CT molecular complexity index is 337. The Hall–Kier alpha value is -0.880. The fourth-order valence-corrected chi connectivity index (χ4v) is 4.93. The average molecular weight is 222 g/mol. The van der Waals surface area contributed by atoms with E-state index in [-0.39, 0.29) is 5.66 Å². The first kappa shape index (κ1) is 10.6. The summed E-state index contributed by atoms with van der Waals surface area (Å²) in [5.41, 5.74) is -0.115. The molecule has 2 nitrogen and oxygen atoms in total. The largest absolute Gasteiger partial charge is 0.481 e. The molecule has 0 aromatic heterocycles. The van der Waals surface area contributed by atoms with Gasteiger partial charge in [-0.15, -0.1) is 0 Å². The Labute approximate surface area is 91.1 Å². The summed E-state index contributed by atoms with van der Waals surface area (Å²) in [6.45, 7) is 0. The number of carboxylic acids is 1. The lowest BCUT2D eigenvalue weighted by atomic mass is 10.2. The highest BCUT2D eigenvalue weighted by Gasteiger charge is 2.31. The van der Waals surface area contributed by atoms with Crippen LogP contribution in [0.1, 0.15) is 19.3 Å². The lowest BCUT2D eigenvalue weighted by Crippen LogP contribution is -2.27. The minimum Gasteiger partial charge on any atom is -0.481 e. The summed E-state index contributed by atoms with van der Waals surface area (Å²) < 4.78 is 0. The second kappa shape index (κ2) is 4.76. The van der Waals surface area contributed by atoms with E-state index >= 15 is 0 Å². The van der Waals surface area contributed by atoms with Crippen LogP contribution in [0.25, 0.3) is 0 Å². The number of hydrogen-bond acceptors (Lipinski definition) is 1. The molecule has 0 spiro atoms. The van der Waals surface area contributed by atoms with E-state index in [4.69, 9.17) is 0 Å². The summed E-state index contributed by atoms with van der Waals surface area (Å²) in [5, 5.41) is 10.4. The van der Waals surface area contributed by atoms with Crippen LogP contribution in [-0.2, 0) is 4.79 Å². The third-order valence-electron chi connectivity index (χ3n) is 2.88. The quantitative estimate of drug-likeness (QED) is 0.780. The van der Waals surface area contributed by atoms with E-state index in [1.165, 1.54) is 11.7 Å². The second-order valence-electron chi connectivity index (χ2n) is 3.88. The van der Waals surface area contributed by atoms with Crippen molar-refractivity contribution in [2.24, 2.45) is 0 Å². The van der Waals surface area contributed by atoms with Crippen molar-refractivity contribution in [3.05, 3.63) is 30.3 Å². The first-order valence-corrected chi connectivity index (χ1v) is 6.93. The lowest BCUT2D eigenvalue weighted by Gasteiger charge is -2.29. The molecule has 2 rings (SSSR count). The van der Waals surface area contributed by atoms with Crippen LogP contribution in [0.3, 0.4) is 0 Å². The Kier molecular flexibility index (Phi) is 3.37. The average Bonchev–Trinajstić information content (AvgIpc) is 2.30. The molecule has 1 aliphatic heterocycles. The zero-order chi connectivity index (χ0) is 10.7. The van der Waals surface area contributed by atoms with Gasteiger partial charge in [0.15, 0.2) is 0 Å². The molecule has 3 heteroatoms. The molecule has 1 heterocycles. The third-order valence-corrected chi connectivity index (χ3v) is 5.87. The van der Waals surface area contributed by atoms with Crippen LogP contribution in [0.2, 0.25) is 0 Å². The van der Waals surface area contributed by atoms with Crippen molar-refractivity contribution in [2.45, 2.75) is 24.9 Å². The van der Waals surface area contributed by atoms with Gasteiger partial charge in [0.1, 0.15) is 0 Å². The first-order valence-electron chi connectivity index (χ1n) is 5.33.